The van der Waals surface area contributed by atoms with Crippen LogP contribution in [0.15, 0.2) is 40.9 Å². The molecule has 30 heavy (non-hydrogen) atoms. The molecule has 154 valence electrons. The van der Waals surface area contributed by atoms with Crippen molar-refractivity contribution in [1.29, 1.82) is 0 Å². The van der Waals surface area contributed by atoms with Crippen LogP contribution in [-0.4, -0.2) is 52.2 Å². The van der Waals surface area contributed by atoms with Crippen LogP contribution in [0.3, 0.4) is 0 Å². The van der Waals surface area contributed by atoms with Crippen molar-refractivity contribution in [3.05, 3.63) is 58.8 Å². The Morgan fingerprint density at radius 2 is 1.93 bits per heavy atom. The zero-order valence-electron chi connectivity index (χ0n) is 16.1. The lowest BCUT2D eigenvalue weighted by Crippen LogP contribution is -2.49. The summed E-state index contributed by atoms with van der Waals surface area (Å²) in [7, 11) is 0. The van der Waals surface area contributed by atoms with E-state index in [2.05, 4.69) is 20.1 Å². The summed E-state index contributed by atoms with van der Waals surface area (Å²) in [5.74, 6) is 1.53. The second-order valence-corrected chi connectivity index (χ2v) is 7.90. The third-order valence-corrected chi connectivity index (χ3v) is 5.74. The Labute approximate surface area is 177 Å². The predicted molar refractivity (Wildman–Crippen MR) is 109 cm³/mol. The lowest BCUT2D eigenvalue weighted by atomic mass is 10.1. The van der Waals surface area contributed by atoms with Gasteiger partial charge in [0.25, 0.3) is 11.8 Å². The topological polar surface area (TPSA) is 75.4 Å². The molecule has 1 aromatic carbocycles. The van der Waals surface area contributed by atoms with Crippen LogP contribution in [0, 0.1) is 5.82 Å². The molecular formula is C21H19ClFN5O2. The molecule has 2 aromatic heterocycles. The molecule has 1 aliphatic carbocycles. The number of aromatic nitrogens is 3. The molecule has 0 atom stereocenters. The molecule has 1 saturated heterocycles. The molecule has 2 aliphatic rings. The molecule has 0 unspecified atom stereocenters. The predicted octanol–water partition coefficient (Wildman–Crippen LogP) is 3.76. The lowest BCUT2D eigenvalue weighted by Gasteiger charge is -2.36. The van der Waals surface area contributed by atoms with E-state index >= 15 is 0 Å². The molecule has 9 heteroatoms. The third-order valence-electron chi connectivity index (χ3n) is 5.41. The van der Waals surface area contributed by atoms with Crippen LogP contribution >= 0.6 is 11.6 Å². The second-order valence-electron chi connectivity index (χ2n) is 7.50. The number of benzene rings is 1. The summed E-state index contributed by atoms with van der Waals surface area (Å²) < 4.78 is 19.4. The van der Waals surface area contributed by atoms with E-state index in [4.69, 9.17) is 16.0 Å². The molecule has 7 nitrogen and oxygen atoms in total. The van der Waals surface area contributed by atoms with Gasteiger partial charge < -0.3 is 14.2 Å². The van der Waals surface area contributed by atoms with Crippen LogP contribution in [0.2, 0.25) is 5.02 Å². The van der Waals surface area contributed by atoms with Crippen LogP contribution in [-0.2, 0) is 0 Å². The monoisotopic (exact) mass is 427 g/mol. The number of carbonyl (C=O) groups excluding carboxylic acids is 1. The largest absolute Gasteiger partial charge is 0.420 e. The summed E-state index contributed by atoms with van der Waals surface area (Å²) in [4.78, 5) is 21.1. The minimum Gasteiger partial charge on any atom is -0.420 e. The van der Waals surface area contributed by atoms with E-state index in [9.17, 15) is 9.18 Å². The molecule has 3 aromatic rings. The van der Waals surface area contributed by atoms with Gasteiger partial charge in [0.05, 0.1) is 16.1 Å². The van der Waals surface area contributed by atoms with Gasteiger partial charge in [0.2, 0.25) is 5.89 Å². The molecule has 0 spiro atoms. The van der Waals surface area contributed by atoms with E-state index in [0.29, 0.717) is 43.9 Å². The van der Waals surface area contributed by atoms with E-state index in [1.807, 2.05) is 12.1 Å². The van der Waals surface area contributed by atoms with Crippen molar-refractivity contribution in [2.45, 2.75) is 18.8 Å². The van der Waals surface area contributed by atoms with Crippen molar-refractivity contribution in [1.82, 2.24) is 20.1 Å². The third kappa shape index (κ3) is 3.63. The molecule has 0 bridgehead atoms. The molecule has 0 N–H and O–H groups in total. The van der Waals surface area contributed by atoms with Gasteiger partial charge in [-0.1, -0.05) is 11.6 Å². The van der Waals surface area contributed by atoms with Gasteiger partial charge in [0.1, 0.15) is 11.6 Å². The number of hydrogen-bond donors (Lipinski definition) is 0. The van der Waals surface area contributed by atoms with Gasteiger partial charge in [-0.2, -0.15) is 0 Å². The SMILES string of the molecule is O=C(c1cc(F)ccc1Cl)N1CCN(c2ncccc2-c2nnc(C3CC3)o2)CC1. The second kappa shape index (κ2) is 7.68. The first-order valence-electron chi connectivity index (χ1n) is 9.88. The normalized spacial score (nSPS) is 16.7. The van der Waals surface area contributed by atoms with Crippen LogP contribution < -0.4 is 4.90 Å². The van der Waals surface area contributed by atoms with Crippen LogP contribution in [0.5, 0.6) is 0 Å². The van der Waals surface area contributed by atoms with Crippen LogP contribution in [0.1, 0.15) is 35.0 Å². The van der Waals surface area contributed by atoms with Gasteiger partial charge in [-0.25, -0.2) is 9.37 Å². The Morgan fingerprint density at radius 3 is 2.70 bits per heavy atom. The molecule has 0 radical (unpaired) electrons. The van der Waals surface area contributed by atoms with Crippen molar-refractivity contribution in [2.24, 2.45) is 0 Å². The number of pyridine rings is 1. The zero-order chi connectivity index (χ0) is 20.7. The van der Waals surface area contributed by atoms with E-state index < -0.39 is 5.82 Å². The van der Waals surface area contributed by atoms with Crippen LogP contribution in [0.4, 0.5) is 10.2 Å². The highest BCUT2D eigenvalue weighted by Gasteiger charge is 2.31. The van der Waals surface area contributed by atoms with Gasteiger partial charge in [-0.3, -0.25) is 4.79 Å². The first-order chi connectivity index (χ1) is 14.6. The van der Waals surface area contributed by atoms with E-state index in [0.717, 1.165) is 24.2 Å². The highest BCUT2D eigenvalue weighted by Crippen LogP contribution is 2.40. The van der Waals surface area contributed by atoms with Crippen molar-refractivity contribution in [3.63, 3.8) is 0 Å². The fourth-order valence-electron chi connectivity index (χ4n) is 3.61. The van der Waals surface area contributed by atoms with Gasteiger partial charge in [0.15, 0.2) is 0 Å². The molecular weight excluding hydrogens is 409 g/mol. The average molecular weight is 428 g/mol. The van der Waals surface area contributed by atoms with E-state index in [1.54, 1.807) is 11.1 Å². The summed E-state index contributed by atoms with van der Waals surface area (Å²) >= 11 is 6.09. The number of piperazine rings is 1. The molecule has 2 fully saturated rings. The number of amides is 1. The number of rotatable bonds is 4. The summed E-state index contributed by atoms with van der Waals surface area (Å²) in [6, 6.07) is 7.58. The number of halogens is 2. The Balaban J connectivity index is 1.32. The average Bonchev–Trinajstić information content (AvgIpc) is 3.52. The number of anilines is 1. The zero-order valence-corrected chi connectivity index (χ0v) is 16.8. The van der Waals surface area contributed by atoms with Gasteiger partial charge in [-0.05, 0) is 43.2 Å². The minimum atomic E-state index is -0.482. The number of hydrogen-bond acceptors (Lipinski definition) is 6. The van der Waals surface area contributed by atoms with Crippen molar-refractivity contribution in [3.8, 4) is 11.5 Å². The van der Waals surface area contributed by atoms with Gasteiger partial charge >= 0.3 is 0 Å². The van der Waals surface area contributed by atoms with Gasteiger partial charge in [0, 0.05) is 38.3 Å². The molecule has 1 amide bonds. The smallest absolute Gasteiger partial charge is 0.255 e. The molecule has 3 heterocycles. The van der Waals surface area contributed by atoms with E-state index in [-0.39, 0.29) is 16.5 Å². The minimum absolute atomic E-state index is 0.183. The number of carbonyl (C=O) groups is 1. The van der Waals surface area contributed by atoms with Gasteiger partial charge in [-0.15, -0.1) is 10.2 Å². The highest BCUT2D eigenvalue weighted by atomic mass is 35.5. The van der Waals surface area contributed by atoms with Crippen molar-refractivity contribution in [2.75, 3.05) is 31.1 Å². The Morgan fingerprint density at radius 1 is 1.13 bits per heavy atom. The highest BCUT2D eigenvalue weighted by molar-refractivity contribution is 6.33. The first-order valence-corrected chi connectivity index (χ1v) is 10.3. The standard InChI is InChI=1S/C21H19ClFN5O2/c22-17-6-5-14(23)12-16(17)21(29)28-10-8-27(9-11-28)18-15(2-1-7-24-18)20-26-25-19(30-20)13-3-4-13/h1-2,5-7,12-13H,3-4,8-11H2. The first kappa shape index (κ1) is 19.0. The summed E-state index contributed by atoms with van der Waals surface area (Å²) in [5, 5.41) is 8.62. The quantitative estimate of drug-likeness (QED) is 0.631. The summed E-state index contributed by atoms with van der Waals surface area (Å²) in [6.07, 6.45) is 3.90. The Kier molecular flexibility index (Phi) is 4.86. The lowest BCUT2D eigenvalue weighted by molar-refractivity contribution is 0.0746. The fraction of sp³-hybridized carbons (Fsp3) is 0.333. The maximum atomic E-state index is 13.6. The Bertz CT molecular complexity index is 1090. The molecule has 5 rings (SSSR count). The van der Waals surface area contributed by atoms with Crippen molar-refractivity contribution < 1.29 is 13.6 Å². The van der Waals surface area contributed by atoms with Crippen molar-refractivity contribution >= 4 is 23.3 Å². The molecule has 1 saturated carbocycles. The van der Waals surface area contributed by atoms with Crippen LogP contribution in [0.25, 0.3) is 11.5 Å². The fourth-order valence-corrected chi connectivity index (χ4v) is 3.81. The maximum absolute atomic E-state index is 13.6. The summed E-state index contributed by atoms with van der Waals surface area (Å²) in [5.41, 5.74) is 0.965. The summed E-state index contributed by atoms with van der Waals surface area (Å²) in [6.45, 7) is 2.09. The maximum Gasteiger partial charge on any atom is 0.255 e. The van der Waals surface area contributed by atoms with E-state index in [1.165, 1.54) is 18.2 Å². The Hall–Kier alpha value is -3.00. The molecule has 1 aliphatic heterocycles. The number of nitrogens with zero attached hydrogens (tertiary/aromatic N) is 5.